The fraction of sp³-hybridized carbons (Fsp3) is 1.00. The Balaban J connectivity index is 1.84. The van der Waals surface area contributed by atoms with Crippen LogP contribution >= 0.6 is 0 Å². The number of hydrogen-bond donors (Lipinski definition) is 1. The molecule has 2 fully saturated rings. The van der Waals surface area contributed by atoms with Crippen molar-refractivity contribution in [3.05, 3.63) is 0 Å². The second-order valence-corrected chi connectivity index (χ2v) is 5.20. The number of nitrogens with two attached hydrogens (primary N) is 1. The first kappa shape index (κ1) is 10.4. The standard InChI is InChI=1S/C12H24N2/c1-2-5-11-8-14(9-11)12(10-13)6-3-4-7-12/h11H,2-10,13H2,1H3. The highest BCUT2D eigenvalue weighted by Crippen LogP contribution is 2.39. The van der Waals surface area contributed by atoms with Gasteiger partial charge in [0.15, 0.2) is 0 Å². The lowest BCUT2D eigenvalue weighted by atomic mass is 9.85. The minimum Gasteiger partial charge on any atom is -0.329 e. The lowest BCUT2D eigenvalue weighted by molar-refractivity contribution is -0.0116. The second-order valence-electron chi connectivity index (χ2n) is 5.20. The van der Waals surface area contributed by atoms with Crippen LogP contribution < -0.4 is 5.73 Å². The third-order valence-corrected chi connectivity index (χ3v) is 4.24. The van der Waals surface area contributed by atoms with Crippen LogP contribution in [0.1, 0.15) is 45.4 Å². The molecule has 2 heteroatoms. The molecule has 0 aromatic rings. The van der Waals surface area contributed by atoms with Crippen molar-refractivity contribution in [1.29, 1.82) is 0 Å². The SMILES string of the molecule is CCCC1CN(C2(CN)CCCC2)C1. The maximum Gasteiger partial charge on any atom is 0.0332 e. The first-order valence-electron chi connectivity index (χ1n) is 6.26. The molecule has 2 aliphatic rings. The van der Waals surface area contributed by atoms with Gasteiger partial charge >= 0.3 is 0 Å². The number of nitrogens with zero attached hydrogens (tertiary/aromatic N) is 1. The van der Waals surface area contributed by atoms with Gasteiger partial charge in [0.1, 0.15) is 0 Å². The Morgan fingerprint density at radius 2 is 1.93 bits per heavy atom. The van der Waals surface area contributed by atoms with Gasteiger partial charge in [-0.05, 0) is 25.2 Å². The zero-order chi connectivity index (χ0) is 10.0. The Labute approximate surface area is 87.8 Å². The molecule has 0 spiro atoms. The summed E-state index contributed by atoms with van der Waals surface area (Å²) in [6.45, 7) is 5.82. The molecule has 0 atom stereocenters. The first-order chi connectivity index (χ1) is 6.80. The summed E-state index contributed by atoms with van der Waals surface area (Å²) in [6, 6.07) is 0. The monoisotopic (exact) mass is 196 g/mol. The Hall–Kier alpha value is -0.0800. The van der Waals surface area contributed by atoms with E-state index in [4.69, 9.17) is 5.73 Å². The Kier molecular flexibility index (Phi) is 3.13. The second kappa shape index (κ2) is 4.19. The third-order valence-electron chi connectivity index (χ3n) is 4.24. The molecule has 2 rings (SSSR count). The van der Waals surface area contributed by atoms with Crippen LogP contribution in [0.4, 0.5) is 0 Å². The molecule has 1 saturated heterocycles. The van der Waals surface area contributed by atoms with E-state index in [1.54, 1.807) is 0 Å². The van der Waals surface area contributed by atoms with Gasteiger partial charge in [-0.2, -0.15) is 0 Å². The Bertz CT molecular complexity index is 179. The van der Waals surface area contributed by atoms with E-state index >= 15 is 0 Å². The largest absolute Gasteiger partial charge is 0.329 e. The molecule has 1 aliphatic heterocycles. The molecule has 0 aromatic carbocycles. The fourth-order valence-electron chi connectivity index (χ4n) is 3.23. The van der Waals surface area contributed by atoms with Crippen LogP contribution in [0.15, 0.2) is 0 Å². The molecule has 0 bridgehead atoms. The van der Waals surface area contributed by atoms with Gasteiger partial charge in [0.05, 0.1) is 0 Å². The maximum atomic E-state index is 5.96. The highest BCUT2D eigenvalue weighted by atomic mass is 15.3. The molecular formula is C12H24N2. The van der Waals surface area contributed by atoms with E-state index in [1.165, 1.54) is 51.6 Å². The van der Waals surface area contributed by atoms with Gasteiger partial charge in [0.25, 0.3) is 0 Å². The fourth-order valence-corrected chi connectivity index (χ4v) is 3.23. The third kappa shape index (κ3) is 1.70. The molecule has 2 nitrogen and oxygen atoms in total. The van der Waals surface area contributed by atoms with E-state index < -0.39 is 0 Å². The molecule has 1 aliphatic carbocycles. The average Bonchev–Trinajstić information content (AvgIpc) is 2.60. The molecule has 1 saturated carbocycles. The van der Waals surface area contributed by atoms with E-state index in [0.717, 1.165) is 12.5 Å². The average molecular weight is 196 g/mol. The molecule has 14 heavy (non-hydrogen) atoms. The van der Waals surface area contributed by atoms with E-state index in [2.05, 4.69) is 11.8 Å². The zero-order valence-corrected chi connectivity index (χ0v) is 9.47. The predicted molar refractivity (Wildman–Crippen MR) is 60.2 cm³/mol. The molecule has 0 amide bonds. The van der Waals surface area contributed by atoms with Crippen molar-refractivity contribution in [2.45, 2.75) is 51.0 Å². The molecule has 0 aromatic heterocycles. The van der Waals surface area contributed by atoms with Gasteiger partial charge in [-0.1, -0.05) is 26.2 Å². The van der Waals surface area contributed by atoms with Gasteiger partial charge in [0, 0.05) is 25.2 Å². The molecular weight excluding hydrogens is 172 g/mol. The van der Waals surface area contributed by atoms with Crippen molar-refractivity contribution in [3.8, 4) is 0 Å². The van der Waals surface area contributed by atoms with Crippen molar-refractivity contribution in [2.24, 2.45) is 11.7 Å². The van der Waals surface area contributed by atoms with Crippen LogP contribution in [0.5, 0.6) is 0 Å². The normalized spacial score (nSPS) is 27.9. The number of rotatable bonds is 4. The lowest BCUT2D eigenvalue weighted by Gasteiger charge is -2.51. The summed E-state index contributed by atoms with van der Waals surface area (Å²) in [4.78, 5) is 2.67. The predicted octanol–water partition coefficient (Wildman–Crippen LogP) is 1.99. The van der Waals surface area contributed by atoms with Crippen molar-refractivity contribution in [1.82, 2.24) is 4.90 Å². The summed E-state index contributed by atoms with van der Waals surface area (Å²) in [5.74, 6) is 0.976. The van der Waals surface area contributed by atoms with Gasteiger partial charge in [-0.25, -0.2) is 0 Å². The van der Waals surface area contributed by atoms with Gasteiger partial charge < -0.3 is 5.73 Å². The van der Waals surface area contributed by atoms with Crippen LogP contribution in [-0.2, 0) is 0 Å². The lowest BCUT2D eigenvalue weighted by Crippen LogP contribution is -2.61. The van der Waals surface area contributed by atoms with Crippen molar-refractivity contribution in [2.75, 3.05) is 19.6 Å². The highest BCUT2D eigenvalue weighted by Gasteiger charge is 2.43. The van der Waals surface area contributed by atoms with Crippen LogP contribution in [0.2, 0.25) is 0 Å². The van der Waals surface area contributed by atoms with Crippen molar-refractivity contribution in [3.63, 3.8) is 0 Å². The van der Waals surface area contributed by atoms with Crippen LogP contribution in [0.25, 0.3) is 0 Å². The minimum absolute atomic E-state index is 0.421. The van der Waals surface area contributed by atoms with Gasteiger partial charge in [-0.3, -0.25) is 4.90 Å². The summed E-state index contributed by atoms with van der Waals surface area (Å²) in [7, 11) is 0. The Morgan fingerprint density at radius 3 is 2.43 bits per heavy atom. The molecule has 1 heterocycles. The highest BCUT2D eigenvalue weighted by molar-refractivity contribution is 5.00. The maximum absolute atomic E-state index is 5.96. The van der Waals surface area contributed by atoms with E-state index in [0.29, 0.717) is 5.54 Å². The summed E-state index contributed by atoms with van der Waals surface area (Å²) in [6.07, 6.45) is 8.24. The summed E-state index contributed by atoms with van der Waals surface area (Å²) >= 11 is 0. The smallest absolute Gasteiger partial charge is 0.0332 e. The van der Waals surface area contributed by atoms with Crippen molar-refractivity contribution >= 4 is 0 Å². The van der Waals surface area contributed by atoms with Crippen LogP contribution in [0.3, 0.4) is 0 Å². The van der Waals surface area contributed by atoms with E-state index in [9.17, 15) is 0 Å². The van der Waals surface area contributed by atoms with Crippen LogP contribution in [-0.4, -0.2) is 30.1 Å². The van der Waals surface area contributed by atoms with Gasteiger partial charge in [0.2, 0.25) is 0 Å². The Morgan fingerprint density at radius 1 is 1.29 bits per heavy atom. The minimum atomic E-state index is 0.421. The number of hydrogen-bond acceptors (Lipinski definition) is 2. The molecule has 82 valence electrons. The summed E-state index contributed by atoms with van der Waals surface area (Å²) in [5, 5.41) is 0. The van der Waals surface area contributed by atoms with Gasteiger partial charge in [-0.15, -0.1) is 0 Å². The molecule has 0 radical (unpaired) electrons. The molecule has 0 unspecified atom stereocenters. The van der Waals surface area contributed by atoms with E-state index in [-0.39, 0.29) is 0 Å². The summed E-state index contributed by atoms with van der Waals surface area (Å²) in [5.41, 5.74) is 6.38. The van der Waals surface area contributed by atoms with E-state index in [1.807, 2.05) is 0 Å². The van der Waals surface area contributed by atoms with Crippen LogP contribution in [0, 0.1) is 5.92 Å². The first-order valence-corrected chi connectivity index (χ1v) is 6.26. The quantitative estimate of drug-likeness (QED) is 0.745. The molecule has 2 N–H and O–H groups in total. The topological polar surface area (TPSA) is 29.3 Å². The van der Waals surface area contributed by atoms with Crippen molar-refractivity contribution < 1.29 is 0 Å². The number of likely N-dealkylation sites (tertiary alicyclic amines) is 1. The zero-order valence-electron chi connectivity index (χ0n) is 9.47. The summed E-state index contributed by atoms with van der Waals surface area (Å²) < 4.78 is 0.